The molecule has 2 unspecified atom stereocenters. The van der Waals surface area contributed by atoms with Crippen LogP contribution < -0.4 is 10.6 Å². The molecular weight excluding hydrogens is 258 g/mol. The molecule has 106 valence electrons. The Bertz CT molecular complexity index is 576. The summed E-state index contributed by atoms with van der Waals surface area (Å²) in [6.45, 7) is 3.93. The van der Waals surface area contributed by atoms with Gasteiger partial charge in [0.15, 0.2) is 11.5 Å². The minimum atomic E-state index is -0.216. The summed E-state index contributed by atoms with van der Waals surface area (Å²) in [6.07, 6.45) is 2.61. The molecule has 2 aromatic rings. The molecule has 0 saturated carbocycles. The van der Waals surface area contributed by atoms with E-state index in [1.807, 2.05) is 0 Å². The number of carbonyl (C=O) groups excluding carboxylic acids is 1. The predicted molar refractivity (Wildman–Crippen MR) is 72.1 cm³/mol. The molecule has 6 nitrogen and oxygen atoms in total. The Morgan fingerprint density at radius 2 is 2.40 bits per heavy atom. The number of furan rings is 1. The molecule has 2 atom stereocenters. The lowest BCUT2D eigenvalue weighted by Crippen LogP contribution is -2.50. The average Bonchev–Trinajstić information content (AvgIpc) is 3.11. The molecule has 1 aliphatic rings. The topological polar surface area (TPSA) is 80.3 Å². The van der Waals surface area contributed by atoms with Crippen molar-refractivity contribution in [2.24, 2.45) is 5.92 Å². The van der Waals surface area contributed by atoms with E-state index in [4.69, 9.17) is 8.94 Å². The highest BCUT2D eigenvalue weighted by atomic mass is 16.5. The van der Waals surface area contributed by atoms with Gasteiger partial charge in [-0.3, -0.25) is 4.79 Å². The lowest BCUT2D eigenvalue weighted by Gasteiger charge is -2.29. The Labute approximate surface area is 116 Å². The minimum Gasteiger partial charge on any atom is -0.461 e. The molecule has 2 aromatic heterocycles. The van der Waals surface area contributed by atoms with Gasteiger partial charge in [-0.15, -0.1) is 0 Å². The van der Waals surface area contributed by atoms with Crippen LogP contribution in [0, 0.1) is 5.92 Å². The van der Waals surface area contributed by atoms with Gasteiger partial charge in [0.05, 0.1) is 6.26 Å². The molecule has 20 heavy (non-hydrogen) atoms. The third-order valence-electron chi connectivity index (χ3n) is 3.65. The molecule has 1 amide bonds. The number of rotatable bonds is 3. The number of amides is 1. The van der Waals surface area contributed by atoms with Crippen molar-refractivity contribution >= 4 is 5.91 Å². The van der Waals surface area contributed by atoms with E-state index in [1.54, 1.807) is 24.5 Å². The molecule has 2 N–H and O–H groups in total. The summed E-state index contributed by atoms with van der Waals surface area (Å²) in [7, 11) is 0. The quantitative estimate of drug-likeness (QED) is 0.890. The van der Waals surface area contributed by atoms with Crippen LogP contribution in [0.2, 0.25) is 0 Å². The summed E-state index contributed by atoms with van der Waals surface area (Å²) in [5.41, 5.74) is 0.272. The van der Waals surface area contributed by atoms with Crippen LogP contribution in [0.1, 0.15) is 23.8 Å². The maximum absolute atomic E-state index is 12.1. The Morgan fingerprint density at radius 3 is 3.15 bits per heavy atom. The normalized spacial score (nSPS) is 22.6. The van der Waals surface area contributed by atoms with Crippen LogP contribution in [0.15, 0.2) is 33.4 Å². The van der Waals surface area contributed by atoms with Gasteiger partial charge in [-0.25, -0.2) is 0 Å². The van der Waals surface area contributed by atoms with Crippen molar-refractivity contribution < 1.29 is 13.7 Å². The largest absolute Gasteiger partial charge is 0.461 e. The van der Waals surface area contributed by atoms with Crippen LogP contribution in [0.5, 0.6) is 0 Å². The first-order valence-corrected chi connectivity index (χ1v) is 6.76. The van der Waals surface area contributed by atoms with Crippen molar-refractivity contribution in [3.05, 3.63) is 30.2 Å². The van der Waals surface area contributed by atoms with Crippen LogP contribution in [-0.2, 0) is 0 Å². The van der Waals surface area contributed by atoms with Gasteiger partial charge in [0, 0.05) is 18.7 Å². The summed E-state index contributed by atoms with van der Waals surface area (Å²) < 4.78 is 10.3. The van der Waals surface area contributed by atoms with E-state index in [1.165, 1.54) is 0 Å². The maximum Gasteiger partial charge on any atom is 0.273 e. The van der Waals surface area contributed by atoms with E-state index in [0.29, 0.717) is 17.4 Å². The van der Waals surface area contributed by atoms with Gasteiger partial charge in [-0.05, 0) is 31.0 Å². The molecule has 1 saturated heterocycles. The minimum absolute atomic E-state index is 0.125. The Morgan fingerprint density at radius 1 is 1.50 bits per heavy atom. The second-order valence-electron chi connectivity index (χ2n) is 5.10. The summed E-state index contributed by atoms with van der Waals surface area (Å²) in [5, 5.41) is 10.1. The lowest BCUT2D eigenvalue weighted by molar-refractivity contribution is 0.0906. The Balaban J connectivity index is 1.68. The van der Waals surface area contributed by atoms with E-state index >= 15 is 0 Å². The van der Waals surface area contributed by atoms with Gasteiger partial charge in [-0.1, -0.05) is 12.1 Å². The maximum atomic E-state index is 12.1. The SMILES string of the molecule is CC1CCNCC1NC(=O)c1cc(-c2ccco2)on1. The standard InChI is InChI=1S/C14H17N3O3/c1-9-4-5-15-8-11(9)16-14(18)10-7-13(20-17-10)12-3-2-6-19-12/h2-3,6-7,9,11,15H,4-5,8H2,1H3,(H,16,18). The smallest absolute Gasteiger partial charge is 0.273 e. The first-order valence-electron chi connectivity index (χ1n) is 6.76. The van der Waals surface area contributed by atoms with Crippen molar-refractivity contribution in [3.8, 4) is 11.5 Å². The van der Waals surface area contributed by atoms with Crippen molar-refractivity contribution in [1.29, 1.82) is 0 Å². The fraction of sp³-hybridized carbons (Fsp3) is 0.429. The number of nitrogens with one attached hydrogen (secondary N) is 2. The first-order chi connectivity index (χ1) is 9.74. The second kappa shape index (κ2) is 5.50. The lowest BCUT2D eigenvalue weighted by atomic mass is 9.95. The zero-order valence-corrected chi connectivity index (χ0v) is 11.3. The molecule has 6 heteroatoms. The predicted octanol–water partition coefficient (Wildman–Crippen LogP) is 1.66. The molecule has 0 aliphatic carbocycles. The fourth-order valence-electron chi connectivity index (χ4n) is 2.34. The summed E-state index contributed by atoms with van der Waals surface area (Å²) >= 11 is 0. The van der Waals surface area contributed by atoms with Crippen LogP contribution in [-0.4, -0.2) is 30.2 Å². The third-order valence-corrected chi connectivity index (χ3v) is 3.65. The van der Waals surface area contributed by atoms with Crippen LogP contribution in [0.25, 0.3) is 11.5 Å². The Kier molecular flexibility index (Phi) is 3.56. The number of piperidine rings is 1. The number of hydrogen-bond donors (Lipinski definition) is 2. The van der Waals surface area contributed by atoms with Gasteiger partial charge >= 0.3 is 0 Å². The monoisotopic (exact) mass is 275 g/mol. The van der Waals surface area contributed by atoms with E-state index in [-0.39, 0.29) is 17.6 Å². The third kappa shape index (κ3) is 2.60. The summed E-state index contributed by atoms with van der Waals surface area (Å²) in [6, 6.07) is 5.23. The molecule has 3 heterocycles. The van der Waals surface area contributed by atoms with E-state index in [0.717, 1.165) is 19.5 Å². The van der Waals surface area contributed by atoms with Gasteiger partial charge in [0.25, 0.3) is 5.91 Å². The van der Waals surface area contributed by atoms with Gasteiger partial charge in [-0.2, -0.15) is 0 Å². The van der Waals surface area contributed by atoms with E-state index in [9.17, 15) is 4.79 Å². The Hall–Kier alpha value is -2.08. The number of carbonyl (C=O) groups is 1. The molecular formula is C14H17N3O3. The van der Waals surface area contributed by atoms with Crippen molar-refractivity contribution in [1.82, 2.24) is 15.8 Å². The number of nitrogens with zero attached hydrogens (tertiary/aromatic N) is 1. The molecule has 0 aromatic carbocycles. The van der Waals surface area contributed by atoms with E-state index in [2.05, 4.69) is 22.7 Å². The first kappa shape index (κ1) is 12.9. The number of aromatic nitrogens is 1. The van der Waals surface area contributed by atoms with E-state index < -0.39 is 0 Å². The molecule has 0 spiro atoms. The van der Waals surface area contributed by atoms with Gasteiger partial charge in [0.1, 0.15) is 0 Å². The summed E-state index contributed by atoms with van der Waals surface area (Å²) in [5.74, 6) is 1.25. The molecule has 1 aliphatic heterocycles. The van der Waals surface area contributed by atoms with Crippen LogP contribution in [0.3, 0.4) is 0 Å². The van der Waals surface area contributed by atoms with Crippen LogP contribution >= 0.6 is 0 Å². The summed E-state index contributed by atoms with van der Waals surface area (Å²) in [4.78, 5) is 12.1. The van der Waals surface area contributed by atoms with Gasteiger partial charge < -0.3 is 19.6 Å². The highest BCUT2D eigenvalue weighted by molar-refractivity contribution is 5.93. The van der Waals surface area contributed by atoms with Crippen molar-refractivity contribution in [2.45, 2.75) is 19.4 Å². The number of hydrogen-bond acceptors (Lipinski definition) is 5. The highest BCUT2D eigenvalue weighted by Gasteiger charge is 2.24. The zero-order chi connectivity index (χ0) is 13.9. The second-order valence-corrected chi connectivity index (χ2v) is 5.10. The zero-order valence-electron chi connectivity index (χ0n) is 11.3. The highest BCUT2D eigenvalue weighted by Crippen LogP contribution is 2.20. The van der Waals surface area contributed by atoms with Gasteiger partial charge in [0.2, 0.25) is 5.76 Å². The molecule has 1 fully saturated rings. The molecule has 3 rings (SSSR count). The van der Waals surface area contributed by atoms with Crippen molar-refractivity contribution in [3.63, 3.8) is 0 Å². The van der Waals surface area contributed by atoms with Crippen LogP contribution in [0.4, 0.5) is 0 Å². The molecule has 0 radical (unpaired) electrons. The molecule has 0 bridgehead atoms. The van der Waals surface area contributed by atoms with Crippen molar-refractivity contribution in [2.75, 3.05) is 13.1 Å². The fourth-order valence-corrected chi connectivity index (χ4v) is 2.34. The average molecular weight is 275 g/mol.